The maximum absolute atomic E-state index is 12.0. The quantitative estimate of drug-likeness (QED) is 0.941. The van der Waals surface area contributed by atoms with Crippen molar-refractivity contribution in [2.45, 2.75) is 4.90 Å². The fourth-order valence-electron chi connectivity index (χ4n) is 1.17. The summed E-state index contributed by atoms with van der Waals surface area (Å²) in [5.41, 5.74) is 0.434. The summed E-state index contributed by atoms with van der Waals surface area (Å²) in [5, 5.41) is 0. The molecule has 0 aliphatic rings. The largest absolute Gasteiger partial charge is 0.278 e. The van der Waals surface area contributed by atoms with Gasteiger partial charge in [-0.15, -0.1) is 0 Å². The van der Waals surface area contributed by atoms with Crippen molar-refractivity contribution in [3.8, 4) is 0 Å². The molecule has 88 valence electrons. The summed E-state index contributed by atoms with van der Waals surface area (Å²) < 4.78 is 26.9. The Bertz CT molecular complexity index is 616. The summed E-state index contributed by atoms with van der Waals surface area (Å²) in [6.45, 7) is 0. The summed E-state index contributed by atoms with van der Waals surface area (Å²) >= 11 is 3.22. The Kier molecular flexibility index (Phi) is 3.39. The number of nitrogens with one attached hydrogen (secondary N) is 1. The number of aromatic nitrogens is 2. The SMILES string of the molecule is O=S(=O)(Nc1ccncc1Br)c1cccnc1. The highest BCUT2D eigenvalue weighted by Gasteiger charge is 2.15. The second-order valence-corrected chi connectivity index (χ2v) is 5.69. The first kappa shape index (κ1) is 12.0. The molecule has 0 radical (unpaired) electrons. The van der Waals surface area contributed by atoms with E-state index >= 15 is 0 Å². The minimum absolute atomic E-state index is 0.115. The number of anilines is 1. The second kappa shape index (κ2) is 4.80. The van der Waals surface area contributed by atoms with Gasteiger partial charge in [-0.25, -0.2) is 8.42 Å². The van der Waals surface area contributed by atoms with Crippen LogP contribution in [0.2, 0.25) is 0 Å². The van der Waals surface area contributed by atoms with Crippen LogP contribution < -0.4 is 4.72 Å². The molecule has 0 atom stereocenters. The number of hydrogen-bond acceptors (Lipinski definition) is 4. The maximum atomic E-state index is 12.0. The van der Waals surface area contributed by atoms with Crippen LogP contribution in [-0.2, 0) is 10.0 Å². The van der Waals surface area contributed by atoms with E-state index in [-0.39, 0.29) is 4.90 Å². The van der Waals surface area contributed by atoms with Crippen molar-refractivity contribution < 1.29 is 8.42 Å². The van der Waals surface area contributed by atoms with E-state index in [0.717, 1.165) is 0 Å². The molecule has 0 spiro atoms. The van der Waals surface area contributed by atoms with Gasteiger partial charge in [0.05, 0.1) is 10.2 Å². The molecule has 0 amide bonds. The molecule has 0 aliphatic carbocycles. The van der Waals surface area contributed by atoms with Gasteiger partial charge in [0.15, 0.2) is 0 Å². The fraction of sp³-hybridized carbons (Fsp3) is 0. The Balaban J connectivity index is 2.34. The molecule has 0 unspecified atom stereocenters. The van der Waals surface area contributed by atoms with Crippen LogP contribution >= 0.6 is 15.9 Å². The molecule has 5 nitrogen and oxygen atoms in total. The molecule has 2 aromatic rings. The van der Waals surface area contributed by atoms with Crippen molar-refractivity contribution in [2.75, 3.05) is 4.72 Å². The standard InChI is InChI=1S/C10H8BrN3O2S/c11-9-7-13-5-3-10(9)14-17(15,16)8-2-1-4-12-6-8/h1-7H,(H,13,14). The summed E-state index contributed by atoms with van der Waals surface area (Å²) in [4.78, 5) is 7.74. The predicted octanol–water partition coefficient (Wildman–Crippen LogP) is 2.04. The third-order valence-electron chi connectivity index (χ3n) is 1.96. The number of halogens is 1. The molecule has 0 aliphatic heterocycles. The Labute approximate surface area is 107 Å². The van der Waals surface area contributed by atoms with Crippen LogP contribution in [0.25, 0.3) is 0 Å². The van der Waals surface area contributed by atoms with Crippen molar-refractivity contribution in [1.29, 1.82) is 0 Å². The Morgan fingerprint density at radius 2 is 1.88 bits per heavy atom. The highest BCUT2D eigenvalue weighted by molar-refractivity contribution is 9.10. The van der Waals surface area contributed by atoms with E-state index < -0.39 is 10.0 Å². The molecular formula is C10H8BrN3O2S. The van der Waals surface area contributed by atoms with Gasteiger partial charge >= 0.3 is 0 Å². The summed E-state index contributed by atoms with van der Waals surface area (Å²) in [5.74, 6) is 0. The zero-order valence-corrected chi connectivity index (χ0v) is 10.9. The van der Waals surface area contributed by atoms with Crippen LogP contribution in [0, 0.1) is 0 Å². The van der Waals surface area contributed by atoms with E-state index in [1.165, 1.54) is 30.9 Å². The molecule has 1 N–H and O–H groups in total. The second-order valence-electron chi connectivity index (χ2n) is 3.15. The number of pyridine rings is 2. The molecule has 17 heavy (non-hydrogen) atoms. The van der Waals surface area contributed by atoms with E-state index in [9.17, 15) is 8.42 Å². The van der Waals surface area contributed by atoms with Crippen LogP contribution in [0.5, 0.6) is 0 Å². The highest BCUT2D eigenvalue weighted by Crippen LogP contribution is 2.23. The predicted molar refractivity (Wildman–Crippen MR) is 67.0 cm³/mol. The number of hydrogen-bond donors (Lipinski definition) is 1. The summed E-state index contributed by atoms with van der Waals surface area (Å²) in [6, 6.07) is 4.61. The molecule has 0 bridgehead atoms. The van der Waals surface area contributed by atoms with Crippen molar-refractivity contribution in [2.24, 2.45) is 0 Å². The minimum Gasteiger partial charge on any atom is -0.278 e. The van der Waals surface area contributed by atoms with Gasteiger partial charge in [-0.3, -0.25) is 14.7 Å². The smallest absolute Gasteiger partial charge is 0.263 e. The van der Waals surface area contributed by atoms with Gasteiger partial charge in [-0.05, 0) is 34.1 Å². The first-order chi connectivity index (χ1) is 8.09. The summed E-state index contributed by atoms with van der Waals surface area (Å²) in [6.07, 6.45) is 5.83. The van der Waals surface area contributed by atoms with Gasteiger partial charge in [-0.1, -0.05) is 0 Å². The topological polar surface area (TPSA) is 72.0 Å². The van der Waals surface area contributed by atoms with E-state index in [1.54, 1.807) is 12.1 Å². The number of sulfonamides is 1. The lowest BCUT2D eigenvalue weighted by atomic mass is 10.4. The van der Waals surface area contributed by atoms with Gasteiger partial charge in [0.1, 0.15) is 4.90 Å². The van der Waals surface area contributed by atoms with Crippen LogP contribution in [0.3, 0.4) is 0 Å². The van der Waals surface area contributed by atoms with Gasteiger partial charge in [0, 0.05) is 24.8 Å². The average molecular weight is 314 g/mol. The molecule has 0 fully saturated rings. The molecular weight excluding hydrogens is 306 g/mol. The lowest BCUT2D eigenvalue weighted by Crippen LogP contribution is -2.13. The van der Waals surface area contributed by atoms with Crippen molar-refractivity contribution >= 4 is 31.6 Å². The Morgan fingerprint density at radius 3 is 2.53 bits per heavy atom. The van der Waals surface area contributed by atoms with Gasteiger partial charge in [0.25, 0.3) is 10.0 Å². The molecule has 2 rings (SSSR count). The first-order valence-electron chi connectivity index (χ1n) is 4.62. The van der Waals surface area contributed by atoms with E-state index in [1.807, 2.05) is 0 Å². The molecule has 0 saturated heterocycles. The summed E-state index contributed by atoms with van der Waals surface area (Å²) in [7, 11) is -3.61. The van der Waals surface area contributed by atoms with Crippen molar-refractivity contribution in [3.63, 3.8) is 0 Å². The minimum atomic E-state index is -3.61. The Morgan fingerprint density at radius 1 is 1.12 bits per heavy atom. The van der Waals surface area contributed by atoms with Gasteiger partial charge < -0.3 is 0 Å². The first-order valence-corrected chi connectivity index (χ1v) is 6.89. The molecule has 0 saturated carbocycles. The zero-order chi connectivity index (χ0) is 12.3. The van der Waals surface area contributed by atoms with E-state index in [2.05, 4.69) is 30.6 Å². The van der Waals surface area contributed by atoms with E-state index in [4.69, 9.17) is 0 Å². The third kappa shape index (κ3) is 2.80. The van der Waals surface area contributed by atoms with E-state index in [0.29, 0.717) is 10.2 Å². The maximum Gasteiger partial charge on any atom is 0.263 e. The average Bonchev–Trinajstić information content (AvgIpc) is 2.33. The van der Waals surface area contributed by atoms with Crippen LogP contribution in [-0.4, -0.2) is 18.4 Å². The number of rotatable bonds is 3. The lowest BCUT2D eigenvalue weighted by molar-refractivity contribution is 0.601. The van der Waals surface area contributed by atoms with Gasteiger partial charge in [0.2, 0.25) is 0 Å². The molecule has 7 heteroatoms. The van der Waals surface area contributed by atoms with Crippen molar-refractivity contribution in [1.82, 2.24) is 9.97 Å². The number of nitrogens with zero attached hydrogens (tertiary/aromatic N) is 2. The van der Waals surface area contributed by atoms with Gasteiger partial charge in [-0.2, -0.15) is 0 Å². The molecule has 0 aromatic carbocycles. The zero-order valence-electron chi connectivity index (χ0n) is 8.54. The lowest BCUT2D eigenvalue weighted by Gasteiger charge is -2.08. The monoisotopic (exact) mass is 313 g/mol. The fourth-order valence-corrected chi connectivity index (χ4v) is 2.69. The highest BCUT2D eigenvalue weighted by atomic mass is 79.9. The van der Waals surface area contributed by atoms with Crippen LogP contribution in [0.4, 0.5) is 5.69 Å². The van der Waals surface area contributed by atoms with Crippen LogP contribution in [0.15, 0.2) is 52.4 Å². The molecule has 2 aromatic heterocycles. The Hall–Kier alpha value is -1.47. The normalized spacial score (nSPS) is 11.1. The van der Waals surface area contributed by atoms with Crippen molar-refractivity contribution in [3.05, 3.63) is 47.5 Å². The third-order valence-corrected chi connectivity index (χ3v) is 3.94. The molecule has 2 heterocycles. The van der Waals surface area contributed by atoms with Crippen LogP contribution in [0.1, 0.15) is 0 Å².